The average Bonchev–Trinajstić information content (AvgIpc) is 2.87. The van der Waals surface area contributed by atoms with Crippen molar-refractivity contribution in [3.05, 3.63) is 11.0 Å². The Hall–Kier alpha value is -1.21. The molecule has 2 heterocycles. The summed E-state index contributed by atoms with van der Waals surface area (Å²) in [6, 6.07) is 0. The number of nitrogens with one attached hydrogen (secondary N) is 2. The van der Waals surface area contributed by atoms with Crippen LogP contribution < -0.4 is 10.6 Å². The van der Waals surface area contributed by atoms with E-state index in [2.05, 4.69) is 20.6 Å². The summed E-state index contributed by atoms with van der Waals surface area (Å²) < 4.78 is 22.2. The zero-order chi connectivity index (χ0) is 19.2. The molecule has 6 nitrogen and oxygen atoms in total. The van der Waals surface area contributed by atoms with E-state index < -0.39 is 23.7 Å². The van der Waals surface area contributed by atoms with Crippen molar-refractivity contribution in [1.82, 2.24) is 15.3 Å². The highest BCUT2D eigenvalue weighted by atomic mass is 35.5. The van der Waals surface area contributed by atoms with Gasteiger partial charge in [0.15, 0.2) is 0 Å². The topological polar surface area (TPSA) is 76.1 Å². The van der Waals surface area contributed by atoms with Crippen LogP contribution in [0.3, 0.4) is 0 Å². The first-order valence-corrected chi connectivity index (χ1v) is 9.36. The number of alkyl carbamates (subject to hydrolysis) is 1. The maximum Gasteiger partial charge on any atom is 0.407 e. The normalized spacial score (nSPS) is 20.3. The van der Waals surface area contributed by atoms with E-state index in [-0.39, 0.29) is 5.28 Å². The van der Waals surface area contributed by atoms with E-state index in [9.17, 15) is 4.79 Å². The van der Waals surface area contributed by atoms with Crippen LogP contribution in [0.2, 0.25) is 5.28 Å². The molecule has 1 saturated carbocycles. The molecule has 1 fully saturated rings. The fourth-order valence-corrected chi connectivity index (χ4v) is 3.87. The molecule has 1 aromatic heterocycles. The summed E-state index contributed by atoms with van der Waals surface area (Å²) in [4.78, 5) is 21.5. The molecule has 0 spiro atoms. The number of ether oxygens (including phenoxy) is 1. The highest BCUT2D eigenvalue weighted by molar-refractivity contribution is 7.99. The summed E-state index contributed by atoms with van der Waals surface area (Å²) >= 11 is 7.67. The van der Waals surface area contributed by atoms with Crippen molar-refractivity contribution in [3.8, 4) is 0 Å². The first-order chi connectivity index (χ1) is 12.0. The molecule has 1 amide bonds. The lowest BCUT2D eigenvalue weighted by molar-refractivity contribution is 0.0506. The van der Waals surface area contributed by atoms with Crippen LogP contribution in [-0.2, 0) is 11.2 Å². The lowest BCUT2D eigenvalue weighted by atomic mass is 9.76. The molecule has 0 unspecified atom stereocenters. The molecule has 8 heteroatoms. The van der Waals surface area contributed by atoms with Gasteiger partial charge in [-0.15, -0.1) is 11.8 Å². The van der Waals surface area contributed by atoms with Gasteiger partial charge in [0.25, 0.3) is 0 Å². The van der Waals surface area contributed by atoms with Crippen LogP contribution >= 0.6 is 23.4 Å². The van der Waals surface area contributed by atoms with Gasteiger partial charge >= 0.3 is 6.09 Å². The number of halogens is 1. The van der Waals surface area contributed by atoms with Gasteiger partial charge < -0.3 is 15.4 Å². The molecule has 2 N–H and O–H groups in total. The summed E-state index contributed by atoms with van der Waals surface area (Å²) in [5.74, 6) is 1.44. The quantitative estimate of drug-likeness (QED) is 0.786. The number of fused-ring (bicyclic) bond motifs is 1. The molecular formula is C16H23ClN4O2S. The number of anilines is 1. The van der Waals surface area contributed by atoms with Gasteiger partial charge in [-0.3, -0.25) is 0 Å². The molecule has 2 aliphatic rings. The minimum atomic E-state index is -2.01. The number of carbonyl (C=O) groups is 1. The SMILES string of the molecule is [2H]C([2H])(NC(=O)OC(C)(C)C)C1(Nc2nc(Cl)nc3c2SCC3)CCC1. The minimum absolute atomic E-state index is 0.142. The molecule has 0 aromatic carbocycles. The summed E-state index contributed by atoms with van der Waals surface area (Å²) in [5.41, 5.74) is -0.774. The number of aryl methyl sites for hydroxylation is 1. The van der Waals surface area contributed by atoms with E-state index in [0.717, 1.165) is 29.2 Å². The van der Waals surface area contributed by atoms with Gasteiger partial charge in [0.1, 0.15) is 11.4 Å². The number of hydrogen-bond donors (Lipinski definition) is 2. The van der Waals surface area contributed by atoms with E-state index in [1.54, 1.807) is 32.5 Å². The number of nitrogens with zero attached hydrogens (tertiary/aromatic N) is 2. The fraction of sp³-hybridized carbons (Fsp3) is 0.688. The molecular weight excluding hydrogens is 348 g/mol. The first kappa shape index (κ1) is 15.1. The summed E-state index contributed by atoms with van der Waals surface area (Å²) in [5, 5.41) is 5.77. The van der Waals surface area contributed by atoms with Crippen LogP contribution in [0.4, 0.5) is 10.6 Å². The molecule has 1 aromatic rings. The van der Waals surface area contributed by atoms with Crippen molar-refractivity contribution in [3.63, 3.8) is 0 Å². The molecule has 3 rings (SSSR count). The van der Waals surface area contributed by atoms with Crippen LogP contribution in [-0.4, -0.2) is 39.5 Å². The largest absolute Gasteiger partial charge is 0.444 e. The number of carbonyl (C=O) groups excluding carboxylic acids is 1. The van der Waals surface area contributed by atoms with E-state index in [0.29, 0.717) is 18.7 Å². The molecule has 1 aliphatic heterocycles. The van der Waals surface area contributed by atoms with Crippen molar-refractivity contribution >= 4 is 35.3 Å². The predicted molar refractivity (Wildman–Crippen MR) is 95.9 cm³/mol. The Kier molecular flexibility index (Phi) is 4.14. The van der Waals surface area contributed by atoms with Crippen molar-refractivity contribution in [2.75, 3.05) is 17.6 Å². The van der Waals surface area contributed by atoms with E-state index >= 15 is 0 Å². The highest BCUT2D eigenvalue weighted by Crippen LogP contribution is 2.41. The van der Waals surface area contributed by atoms with Crippen LogP contribution in [0.15, 0.2) is 4.90 Å². The van der Waals surface area contributed by atoms with Crippen LogP contribution in [0.5, 0.6) is 0 Å². The Morgan fingerprint density at radius 3 is 2.83 bits per heavy atom. The lowest BCUT2D eigenvalue weighted by Crippen LogP contribution is -2.54. The molecule has 0 saturated heterocycles. The monoisotopic (exact) mass is 372 g/mol. The van der Waals surface area contributed by atoms with Gasteiger partial charge in [0, 0.05) is 18.7 Å². The third-order valence-corrected chi connectivity index (χ3v) is 5.16. The van der Waals surface area contributed by atoms with E-state index in [1.807, 2.05) is 0 Å². The lowest BCUT2D eigenvalue weighted by Gasteiger charge is -2.43. The molecule has 0 atom stereocenters. The van der Waals surface area contributed by atoms with Crippen LogP contribution in [0, 0.1) is 0 Å². The van der Waals surface area contributed by atoms with Crippen molar-refractivity contribution < 1.29 is 12.3 Å². The number of amides is 1. The van der Waals surface area contributed by atoms with Crippen molar-refractivity contribution in [2.45, 2.75) is 62.5 Å². The van der Waals surface area contributed by atoms with Gasteiger partial charge in [-0.1, -0.05) is 0 Å². The first-order valence-electron chi connectivity index (χ1n) is 9.00. The summed E-state index contributed by atoms with van der Waals surface area (Å²) in [7, 11) is 0. The van der Waals surface area contributed by atoms with Crippen LogP contribution in [0.1, 0.15) is 48.5 Å². The smallest absolute Gasteiger partial charge is 0.407 e. The number of hydrogen-bond acceptors (Lipinski definition) is 6. The Bertz CT molecular complexity index is 723. The van der Waals surface area contributed by atoms with Crippen molar-refractivity contribution in [2.24, 2.45) is 0 Å². The zero-order valence-corrected chi connectivity index (χ0v) is 15.6. The van der Waals surface area contributed by atoms with Crippen LogP contribution in [0.25, 0.3) is 0 Å². The second kappa shape index (κ2) is 6.59. The van der Waals surface area contributed by atoms with E-state index in [4.69, 9.17) is 19.1 Å². The van der Waals surface area contributed by atoms with Gasteiger partial charge in [-0.25, -0.2) is 9.78 Å². The van der Waals surface area contributed by atoms with Gasteiger partial charge in [0.2, 0.25) is 5.28 Å². The Labute approximate surface area is 154 Å². The second-order valence-corrected chi connectivity index (χ2v) is 8.47. The Morgan fingerprint density at radius 1 is 1.46 bits per heavy atom. The third kappa shape index (κ3) is 4.06. The summed E-state index contributed by atoms with van der Waals surface area (Å²) in [6.07, 6.45) is 2.02. The maximum atomic E-state index is 12.1. The molecule has 0 radical (unpaired) electrons. The number of rotatable bonds is 4. The second-order valence-electron chi connectivity index (χ2n) is 7.03. The van der Waals surface area contributed by atoms with E-state index in [1.165, 1.54) is 0 Å². The number of thioether (sulfide) groups is 1. The highest BCUT2D eigenvalue weighted by Gasteiger charge is 2.39. The fourth-order valence-electron chi connectivity index (χ4n) is 2.63. The third-order valence-electron chi connectivity index (χ3n) is 3.86. The Balaban J connectivity index is 1.82. The zero-order valence-electron chi connectivity index (χ0n) is 16.0. The minimum Gasteiger partial charge on any atom is -0.444 e. The number of aromatic nitrogens is 2. The summed E-state index contributed by atoms with van der Waals surface area (Å²) in [6.45, 7) is 3.20. The van der Waals surface area contributed by atoms with Crippen molar-refractivity contribution in [1.29, 1.82) is 0 Å². The predicted octanol–water partition coefficient (Wildman–Crippen LogP) is 3.64. The average molecular weight is 373 g/mol. The molecule has 0 bridgehead atoms. The Morgan fingerprint density at radius 2 is 2.21 bits per heavy atom. The molecule has 24 heavy (non-hydrogen) atoms. The van der Waals surface area contributed by atoms with Gasteiger partial charge in [-0.05, 0) is 51.6 Å². The van der Waals surface area contributed by atoms with Gasteiger partial charge in [-0.2, -0.15) is 4.98 Å². The standard InChI is InChI=1S/C16H23ClN4O2S/c1-15(2,3)23-14(22)18-9-16(6-4-7-16)21-12-11-10(5-8-24-11)19-13(17)20-12/h4-9H2,1-3H3,(H,18,22)(H,19,20,21)/i9D2. The van der Waals surface area contributed by atoms with Gasteiger partial charge in [0.05, 0.1) is 18.9 Å². The molecule has 1 aliphatic carbocycles. The maximum absolute atomic E-state index is 12.1. The molecule has 132 valence electrons.